The van der Waals surface area contributed by atoms with Gasteiger partial charge in [0.2, 0.25) is 5.88 Å². The first-order chi connectivity index (χ1) is 16.8. The molecule has 2 saturated carbocycles. The second-order valence-corrected chi connectivity index (χ2v) is 12.0. The summed E-state index contributed by atoms with van der Waals surface area (Å²) in [5.74, 6) is 1.02. The molecule has 0 bridgehead atoms. The Hall–Kier alpha value is -3.12. The monoisotopic (exact) mass is 493 g/mol. The molecular formula is C26H31N5O3S. The van der Waals surface area contributed by atoms with Crippen molar-refractivity contribution in [3.05, 3.63) is 36.5 Å². The normalized spacial score (nSPS) is 21.1. The SMILES string of the molecule is CCCCOc1nccc2c1c(Nc1ccc(S(C)(=O)=O)cc1)nn2[C@H]1CCC2(CC2)C[C@@H]1C#N. The van der Waals surface area contributed by atoms with Crippen molar-refractivity contribution < 1.29 is 13.2 Å². The topological polar surface area (TPSA) is 110 Å². The fraction of sp³-hybridized carbons (Fsp3) is 0.500. The molecule has 9 heteroatoms. The van der Waals surface area contributed by atoms with E-state index in [0.717, 1.165) is 43.0 Å². The summed E-state index contributed by atoms with van der Waals surface area (Å²) < 4.78 is 31.7. The number of nitrogens with one attached hydrogen (secondary N) is 1. The second kappa shape index (κ2) is 9.15. The summed E-state index contributed by atoms with van der Waals surface area (Å²) in [6, 6.07) is 11.1. The van der Waals surface area contributed by atoms with Crippen LogP contribution in [-0.2, 0) is 9.84 Å². The standard InChI is InChI=1S/C26H31N5O3S/c1-3-4-15-34-25-23-22(10-14-28-25)31(21-9-11-26(12-13-26)16-18(21)17-27)30-24(23)29-19-5-7-20(8-6-19)35(2,32)33/h5-8,10,14,18,21H,3-4,9,11-13,15-16H2,1-2H3,(H,29,30)/t18-,21+/m1/s1. The average molecular weight is 494 g/mol. The number of sulfone groups is 1. The lowest BCUT2D eigenvalue weighted by molar-refractivity contribution is 0.200. The van der Waals surface area contributed by atoms with Gasteiger partial charge in [-0.15, -0.1) is 0 Å². The van der Waals surface area contributed by atoms with Crippen LogP contribution in [0.2, 0.25) is 0 Å². The Labute approximate surface area is 206 Å². The van der Waals surface area contributed by atoms with Gasteiger partial charge in [-0.2, -0.15) is 10.4 Å². The van der Waals surface area contributed by atoms with Gasteiger partial charge in [-0.05, 0) is 74.3 Å². The highest BCUT2D eigenvalue weighted by Crippen LogP contribution is 2.59. The zero-order valence-corrected chi connectivity index (χ0v) is 21.0. The maximum Gasteiger partial charge on any atom is 0.226 e. The molecule has 1 aromatic carbocycles. The predicted octanol–water partition coefficient (Wildman–Crippen LogP) is 5.40. The van der Waals surface area contributed by atoms with Gasteiger partial charge in [-0.3, -0.25) is 4.68 Å². The minimum Gasteiger partial charge on any atom is -0.477 e. The molecule has 1 spiro atoms. The highest BCUT2D eigenvalue weighted by atomic mass is 32.2. The van der Waals surface area contributed by atoms with Crippen molar-refractivity contribution in [1.82, 2.24) is 14.8 Å². The number of anilines is 2. The summed E-state index contributed by atoms with van der Waals surface area (Å²) in [5.41, 5.74) is 1.97. The van der Waals surface area contributed by atoms with E-state index in [1.165, 1.54) is 19.1 Å². The third-order valence-corrected chi connectivity index (χ3v) is 8.52. The zero-order valence-electron chi connectivity index (χ0n) is 20.2. The Balaban J connectivity index is 1.54. The Morgan fingerprint density at radius 3 is 2.66 bits per heavy atom. The van der Waals surface area contributed by atoms with E-state index < -0.39 is 9.84 Å². The Bertz CT molecular complexity index is 1370. The quantitative estimate of drug-likeness (QED) is 0.418. The smallest absolute Gasteiger partial charge is 0.226 e. The van der Waals surface area contributed by atoms with E-state index in [9.17, 15) is 13.7 Å². The fourth-order valence-electron chi connectivity index (χ4n) is 5.16. The van der Waals surface area contributed by atoms with E-state index in [1.807, 2.05) is 10.7 Å². The number of fused-ring (bicyclic) bond motifs is 1. The van der Waals surface area contributed by atoms with Crippen molar-refractivity contribution in [1.29, 1.82) is 5.26 Å². The number of hydrogen-bond donors (Lipinski definition) is 1. The van der Waals surface area contributed by atoms with Crippen LogP contribution in [0.1, 0.15) is 57.9 Å². The van der Waals surface area contributed by atoms with E-state index >= 15 is 0 Å². The molecule has 0 unspecified atom stereocenters. The minimum absolute atomic E-state index is 0.0113. The Kier molecular flexibility index (Phi) is 6.18. The first-order valence-electron chi connectivity index (χ1n) is 12.3. The zero-order chi connectivity index (χ0) is 24.6. The molecule has 5 rings (SSSR count). The molecule has 2 aliphatic rings. The maximum absolute atomic E-state index is 11.8. The third kappa shape index (κ3) is 4.72. The predicted molar refractivity (Wildman–Crippen MR) is 134 cm³/mol. The van der Waals surface area contributed by atoms with Crippen LogP contribution in [0.4, 0.5) is 11.5 Å². The second-order valence-electron chi connectivity index (χ2n) is 9.97. The van der Waals surface area contributed by atoms with Gasteiger partial charge in [0.25, 0.3) is 0 Å². The van der Waals surface area contributed by atoms with Crippen molar-refractivity contribution in [3.63, 3.8) is 0 Å². The number of unbranched alkanes of at least 4 members (excludes halogenated alkanes) is 1. The number of benzene rings is 1. The molecule has 0 radical (unpaired) electrons. The number of hydrogen-bond acceptors (Lipinski definition) is 7. The van der Waals surface area contributed by atoms with E-state index in [4.69, 9.17) is 9.84 Å². The van der Waals surface area contributed by atoms with Crippen LogP contribution >= 0.6 is 0 Å². The molecular weight excluding hydrogens is 462 g/mol. The number of pyridine rings is 1. The Morgan fingerprint density at radius 2 is 2.00 bits per heavy atom. The molecule has 3 aromatic rings. The molecule has 2 heterocycles. The summed E-state index contributed by atoms with van der Waals surface area (Å²) in [6.07, 6.45) is 10.3. The molecule has 8 nitrogen and oxygen atoms in total. The van der Waals surface area contributed by atoms with Crippen LogP contribution in [0, 0.1) is 22.7 Å². The number of nitrogens with zero attached hydrogens (tertiary/aromatic N) is 4. The molecule has 0 amide bonds. The van der Waals surface area contributed by atoms with Gasteiger partial charge in [-0.25, -0.2) is 13.4 Å². The molecule has 184 valence electrons. The lowest BCUT2D eigenvalue weighted by Gasteiger charge is -2.33. The lowest BCUT2D eigenvalue weighted by Crippen LogP contribution is -2.28. The fourth-order valence-corrected chi connectivity index (χ4v) is 5.79. The molecule has 0 saturated heterocycles. The Morgan fingerprint density at radius 1 is 1.23 bits per heavy atom. The van der Waals surface area contributed by atoms with Gasteiger partial charge >= 0.3 is 0 Å². The molecule has 1 N–H and O–H groups in total. The van der Waals surface area contributed by atoms with Crippen LogP contribution in [0.15, 0.2) is 41.4 Å². The lowest BCUT2D eigenvalue weighted by atomic mass is 9.76. The summed E-state index contributed by atoms with van der Waals surface area (Å²) in [7, 11) is -3.28. The van der Waals surface area contributed by atoms with E-state index in [0.29, 0.717) is 29.4 Å². The molecule has 2 aromatic heterocycles. The number of rotatable bonds is 8. The van der Waals surface area contributed by atoms with Crippen LogP contribution < -0.4 is 10.1 Å². The van der Waals surface area contributed by atoms with Gasteiger partial charge in [0.05, 0.1) is 35.0 Å². The molecule has 35 heavy (non-hydrogen) atoms. The van der Waals surface area contributed by atoms with Gasteiger partial charge in [0, 0.05) is 18.1 Å². The number of ether oxygens (including phenoxy) is 1. The minimum atomic E-state index is -3.28. The number of aromatic nitrogens is 3. The first kappa shape index (κ1) is 23.6. The van der Waals surface area contributed by atoms with E-state index in [2.05, 4.69) is 23.3 Å². The van der Waals surface area contributed by atoms with E-state index in [-0.39, 0.29) is 16.9 Å². The highest BCUT2D eigenvalue weighted by Gasteiger charge is 2.49. The third-order valence-electron chi connectivity index (χ3n) is 7.39. The average Bonchev–Trinajstić information content (AvgIpc) is 3.50. The summed E-state index contributed by atoms with van der Waals surface area (Å²) in [4.78, 5) is 4.76. The molecule has 2 aliphatic carbocycles. The van der Waals surface area contributed by atoms with Gasteiger partial charge in [0.1, 0.15) is 5.39 Å². The summed E-state index contributed by atoms with van der Waals surface area (Å²) in [5, 5.41) is 19.1. The summed E-state index contributed by atoms with van der Waals surface area (Å²) >= 11 is 0. The van der Waals surface area contributed by atoms with Crippen molar-refractivity contribution in [3.8, 4) is 11.9 Å². The van der Waals surface area contributed by atoms with Crippen molar-refractivity contribution in [2.75, 3.05) is 18.2 Å². The molecule has 2 fully saturated rings. The van der Waals surface area contributed by atoms with Crippen molar-refractivity contribution in [2.24, 2.45) is 11.3 Å². The largest absolute Gasteiger partial charge is 0.477 e. The molecule has 0 aliphatic heterocycles. The molecule has 2 atom stereocenters. The van der Waals surface area contributed by atoms with Gasteiger partial charge in [0.15, 0.2) is 15.7 Å². The van der Waals surface area contributed by atoms with Gasteiger partial charge in [-0.1, -0.05) is 13.3 Å². The van der Waals surface area contributed by atoms with Crippen molar-refractivity contribution >= 4 is 32.2 Å². The van der Waals surface area contributed by atoms with Crippen LogP contribution in [0.5, 0.6) is 5.88 Å². The van der Waals surface area contributed by atoms with Gasteiger partial charge < -0.3 is 10.1 Å². The van der Waals surface area contributed by atoms with Crippen LogP contribution in [-0.4, -0.2) is 36.0 Å². The number of nitriles is 1. The maximum atomic E-state index is 11.8. The van der Waals surface area contributed by atoms with Crippen molar-refractivity contribution in [2.45, 2.75) is 62.8 Å². The van der Waals surface area contributed by atoms with Crippen LogP contribution in [0.3, 0.4) is 0 Å². The highest BCUT2D eigenvalue weighted by molar-refractivity contribution is 7.90. The first-order valence-corrected chi connectivity index (χ1v) is 14.2. The van der Waals surface area contributed by atoms with Crippen LogP contribution in [0.25, 0.3) is 10.9 Å². The van der Waals surface area contributed by atoms with E-state index in [1.54, 1.807) is 30.5 Å². The summed E-state index contributed by atoms with van der Waals surface area (Å²) in [6.45, 7) is 2.67.